The largest absolute Gasteiger partial charge is 0.358 e. The SMILES string of the molecule is CCC(CC)C(C)NC(=O)c1ccc2[nH]c(C)c(C)c2c1. The fraction of sp³-hybridized carbons (Fsp3) is 0.500. The molecule has 0 aliphatic heterocycles. The van der Waals surface area contributed by atoms with Crippen LogP contribution in [0.4, 0.5) is 0 Å². The molecule has 0 saturated heterocycles. The molecule has 21 heavy (non-hydrogen) atoms. The van der Waals surface area contributed by atoms with Crippen LogP contribution in [0, 0.1) is 19.8 Å². The molecular formula is C18H26N2O. The highest BCUT2D eigenvalue weighted by Crippen LogP contribution is 2.22. The Bertz CT molecular complexity index is 638. The first-order chi connectivity index (χ1) is 9.97. The molecule has 1 atom stereocenters. The number of aromatic amines is 1. The Labute approximate surface area is 127 Å². The van der Waals surface area contributed by atoms with Crippen molar-refractivity contribution < 1.29 is 4.79 Å². The second-order valence-electron chi connectivity index (χ2n) is 5.97. The molecule has 114 valence electrons. The normalized spacial score (nSPS) is 12.9. The number of fused-ring (bicyclic) bond motifs is 1. The molecule has 3 nitrogen and oxygen atoms in total. The molecular weight excluding hydrogens is 260 g/mol. The fourth-order valence-corrected chi connectivity index (χ4v) is 3.01. The van der Waals surface area contributed by atoms with Crippen LogP contribution in [0.3, 0.4) is 0 Å². The van der Waals surface area contributed by atoms with Crippen molar-refractivity contribution in [2.45, 2.75) is 53.5 Å². The first kappa shape index (κ1) is 15.6. The highest BCUT2D eigenvalue weighted by atomic mass is 16.1. The molecule has 0 bridgehead atoms. The van der Waals surface area contributed by atoms with E-state index in [4.69, 9.17) is 0 Å². The molecule has 3 heteroatoms. The van der Waals surface area contributed by atoms with Crippen LogP contribution < -0.4 is 5.32 Å². The van der Waals surface area contributed by atoms with Crippen molar-refractivity contribution in [2.24, 2.45) is 5.92 Å². The fourth-order valence-electron chi connectivity index (χ4n) is 3.01. The van der Waals surface area contributed by atoms with E-state index in [2.05, 4.69) is 44.9 Å². The number of aryl methyl sites for hydroxylation is 2. The maximum Gasteiger partial charge on any atom is 0.251 e. The van der Waals surface area contributed by atoms with Crippen LogP contribution in [-0.2, 0) is 0 Å². The van der Waals surface area contributed by atoms with E-state index in [9.17, 15) is 4.79 Å². The molecule has 0 fully saturated rings. The van der Waals surface area contributed by atoms with Crippen LogP contribution in [0.25, 0.3) is 10.9 Å². The minimum absolute atomic E-state index is 0.0227. The Hall–Kier alpha value is -1.77. The van der Waals surface area contributed by atoms with E-state index in [-0.39, 0.29) is 11.9 Å². The summed E-state index contributed by atoms with van der Waals surface area (Å²) < 4.78 is 0. The summed E-state index contributed by atoms with van der Waals surface area (Å²) in [5, 5.41) is 4.27. The minimum atomic E-state index is 0.0227. The predicted octanol–water partition coefficient (Wildman–Crippen LogP) is 4.34. The van der Waals surface area contributed by atoms with E-state index in [1.54, 1.807) is 0 Å². The topological polar surface area (TPSA) is 44.9 Å². The third-order valence-corrected chi connectivity index (χ3v) is 4.69. The number of carbonyl (C=O) groups excluding carboxylic acids is 1. The molecule has 0 aliphatic carbocycles. The van der Waals surface area contributed by atoms with E-state index < -0.39 is 0 Å². The molecule has 0 radical (unpaired) electrons. The van der Waals surface area contributed by atoms with Gasteiger partial charge >= 0.3 is 0 Å². The molecule has 1 heterocycles. The Balaban J connectivity index is 2.21. The summed E-state index contributed by atoms with van der Waals surface area (Å²) >= 11 is 0. The monoisotopic (exact) mass is 286 g/mol. The molecule has 1 unspecified atom stereocenters. The highest BCUT2D eigenvalue weighted by Gasteiger charge is 2.17. The lowest BCUT2D eigenvalue weighted by Crippen LogP contribution is -2.37. The number of rotatable bonds is 5. The standard InChI is InChI=1S/C18H26N2O/c1-6-14(7-2)13(5)20-18(21)15-8-9-17-16(10-15)11(3)12(4)19-17/h8-10,13-14,19H,6-7H2,1-5H3,(H,20,21). The Kier molecular flexibility index (Phi) is 4.71. The number of benzene rings is 1. The van der Waals surface area contributed by atoms with Crippen molar-refractivity contribution in [3.63, 3.8) is 0 Å². The van der Waals surface area contributed by atoms with E-state index >= 15 is 0 Å². The van der Waals surface area contributed by atoms with Crippen LogP contribution in [0.5, 0.6) is 0 Å². The van der Waals surface area contributed by atoms with Gasteiger partial charge in [0.2, 0.25) is 0 Å². The summed E-state index contributed by atoms with van der Waals surface area (Å²) in [7, 11) is 0. The van der Waals surface area contributed by atoms with Gasteiger partial charge in [-0.1, -0.05) is 26.7 Å². The number of hydrogen-bond acceptors (Lipinski definition) is 1. The van der Waals surface area contributed by atoms with Gasteiger partial charge in [0, 0.05) is 28.2 Å². The van der Waals surface area contributed by atoms with Gasteiger partial charge in [0.1, 0.15) is 0 Å². The van der Waals surface area contributed by atoms with Gasteiger partial charge in [-0.3, -0.25) is 4.79 Å². The van der Waals surface area contributed by atoms with E-state index in [0.29, 0.717) is 5.92 Å². The van der Waals surface area contributed by atoms with Gasteiger partial charge in [-0.2, -0.15) is 0 Å². The number of carbonyl (C=O) groups is 1. The second kappa shape index (κ2) is 6.33. The summed E-state index contributed by atoms with van der Waals surface area (Å²) in [6.45, 7) is 10.6. The second-order valence-corrected chi connectivity index (χ2v) is 5.97. The molecule has 1 aromatic carbocycles. The van der Waals surface area contributed by atoms with Gasteiger partial charge < -0.3 is 10.3 Å². The van der Waals surface area contributed by atoms with Gasteiger partial charge in [0.05, 0.1) is 0 Å². The van der Waals surface area contributed by atoms with Crippen molar-refractivity contribution >= 4 is 16.8 Å². The van der Waals surface area contributed by atoms with E-state index in [1.807, 2.05) is 18.2 Å². The third-order valence-electron chi connectivity index (χ3n) is 4.69. The number of amides is 1. The molecule has 0 aliphatic rings. The lowest BCUT2D eigenvalue weighted by Gasteiger charge is -2.22. The van der Waals surface area contributed by atoms with Crippen molar-refractivity contribution in [1.29, 1.82) is 0 Å². The molecule has 0 saturated carbocycles. The maximum atomic E-state index is 12.4. The lowest BCUT2D eigenvalue weighted by atomic mass is 9.95. The predicted molar refractivity (Wildman–Crippen MR) is 88.8 cm³/mol. The van der Waals surface area contributed by atoms with Gasteiger partial charge in [-0.05, 0) is 50.5 Å². The number of H-pyrrole nitrogens is 1. The van der Waals surface area contributed by atoms with Crippen LogP contribution >= 0.6 is 0 Å². The minimum Gasteiger partial charge on any atom is -0.358 e. The third kappa shape index (κ3) is 3.12. The van der Waals surface area contributed by atoms with Gasteiger partial charge in [-0.25, -0.2) is 0 Å². The molecule has 1 amide bonds. The number of nitrogens with one attached hydrogen (secondary N) is 2. The summed E-state index contributed by atoms with van der Waals surface area (Å²) in [5.74, 6) is 0.559. The van der Waals surface area contributed by atoms with Crippen LogP contribution in [0.15, 0.2) is 18.2 Å². The van der Waals surface area contributed by atoms with Crippen LogP contribution in [0.1, 0.15) is 55.2 Å². The van der Waals surface area contributed by atoms with Crippen molar-refractivity contribution in [3.8, 4) is 0 Å². The molecule has 2 rings (SSSR count). The van der Waals surface area contributed by atoms with Crippen molar-refractivity contribution in [1.82, 2.24) is 10.3 Å². The van der Waals surface area contributed by atoms with Gasteiger partial charge in [0.25, 0.3) is 5.91 Å². The maximum absolute atomic E-state index is 12.4. The smallest absolute Gasteiger partial charge is 0.251 e. The molecule has 2 N–H and O–H groups in total. The summed E-state index contributed by atoms with van der Waals surface area (Å²) in [6, 6.07) is 6.08. The van der Waals surface area contributed by atoms with Gasteiger partial charge in [-0.15, -0.1) is 0 Å². The van der Waals surface area contributed by atoms with Crippen molar-refractivity contribution in [2.75, 3.05) is 0 Å². The Morgan fingerprint density at radius 2 is 1.90 bits per heavy atom. The molecule has 0 spiro atoms. The Morgan fingerprint density at radius 3 is 2.52 bits per heavy atom. The number of hydrogen-bond donors (Lipinski definition) is 2. The lowest BCUT2D eigenvalue weighted by molar-refractivity contribution is 0.0925. The van der Waals surface area contributed by atoms with Crippen LogP contribution in [0.2, 0.25) is 0 Å². The number of aromatic nitrogens is 1. The van der Waals surface area contributed by atoms with Crippen molar-refractivity contribution in [3.05, 3.63) is 35.0 Å². The zero-order valence-electron chi connectivity index (χ0n) is 13.7. The summed E-state index contributed by atoms with van der Waals surface area (Å²) in [5.41, 5.74) is 4.21. The first-order valence-corrected chi connectivity index (χ1v) is 7.87. The Morgan fingerprint density at radius 1 is 1.24 bits per heavy atom. The highest BCUT2D eigenvalue weighted by molar-refractivity contribution is 5.99. The van der Waals surface area contributed by atoms with E-state index in [0.717, 1.165) is 35.0 Å². The first-order valence-electron chi connectivity index (χ1n) is 7.87. The average Bonchev–Trinajstić information content (AvgIpc) is 2.75. The van der Waals surface area contributed by atoms with E-state index in [1.165, 1.54) is 5.56 Å². The van der Waals surface area contributed by atoms with Crippen LogP contribution in [-0.4, -0.2) is 16.9 Å². The average molecular weight is 286 g/mol. The molecule has 1 aromatic heterocycles. The zero-order valence-corrected chi connectivity index (χ0v) is 13.7. The van der Waals surface area contributed by atoms with Gasteiger partial charge in [0.15, 0.2) is 0 Å². The quantitative estimate of drug-likeness (QED) is 0.843. The summed E-state index contributed by atoms with van der Waals surface area (Å²) in [6.07, 6.45) is 2.18. The zero-order chi connectivity index (χ0) is 15.6. The summed E-state index contributed by atoms with van der Waals surface area (Å²) in [4.78, 5) is 15.8. The molecule has 2 aromatic rings.